The van der Waals surface area contributed by atoms with Crippen LogP contribution in [0, 0.1) is 0 Å². The van der Waals surface area contributed by atoms with Gasteiger partial charge in [0.05, 0.1) is 0 Å². The summed E-state index contributed by atoms with van der Waals surface area (Å²) in [6.45, 7) is 0. The van der Waals surface area contributed by atoms with Gasteiger partial charge in [0.2, 0.25) is 11.9 Å². The monoisotopic (exact) mass is 938 g/mol. The van der Waals surface area contributed by atoms with E-state index in [0.717, 1.165) is 22.7 Å². The molecule has 0 spiro atoms. The van der Waals surface area contributed by atoms with Gasteiger partial charge in [0.15, 0.2) is 0 Å². The fourth-order valence-corrected chi connectivity index (χ4v) is 7.74. The van der Waals surface area contributed by atoms with Crippen LogP contribution >= 0.6 is 0 Å². The molecule has 16 nitrogen and oxygen atoms in total. The summed E-state index contributed by atoms with van der Waals surface area (Å²) in [5.41, 5.74) is 3.54. The fraction of sp³-hybridized carbons (Fsp3) is 0. The molecule has 8 rings (SSSR count). The molecule has 0 saturated carbocycles. The number of benzene rings is 6. The third kappa shape index (κ3) is 13.7. The Labute approximate surface area is 425 Å². The predicted molar refractivity (Wildman–Crippen MR) is 265 cm³/mol. The van der Waals surface area contributed by atoms with Gasteiger partial charge >= 0.3 is 59.1 Å². The van der Waals surface area contributed by atoms with Crippen molar-refractivity contribution in [2.24, 2.45) is 0 Å². The zero-order valence-electron chi connectivity index (χ0n) is 33.5. The molecule has 0 aliphatic carbocycles. The number of hydrogen-bond donors (Lipinski definition) is 8. The van der Waals surface area contributed by atoms with E-state index in [1.54, 1.807) is 12.1 Å². The van der Waals surface area contributed by atoms with Crippen molar-refractivity contribution in [1.29, 1.82) is 0 Å². The second-order valence-electron chi connectivity index (χ2n) is 13.9. The Morgan fingerprint density at radius 1 is 0.348 bits per heavy atom. The maximum atomic E-state index is 12.8. The van der Waals surface area contributed by atoms with Crippen LogP contribution < -0.4 is 31.9 Å². The van der Waals surface area contributed by atoms with E-state index in [1.807, 2.05) is 121 Å². The quantitative estimate of drug-likeness (QED) is 0.0256. The molecule has 0 bridgehead atoms. The van der Waals surface area contributed by atoms with Crippen molar-refractivity contribution < 1.29 is 25.9 Å². The second kappa shape index (κ2) is 22.4. The number of aromatic nitrogens is 4. The first kappa shape index (κ1) is 49.3. The minimum absolute atomic E-state index is 0. The molecule has 0 unspecified atom stereocenters. The van der Waals surface area contributed by atoms with Gasteiger partial charge in [-0.05, 0) is 83.9 Å². The third-order valence-electron chi connectivity index (χ3n) is 9.17. The average Bonchev–Trinajstić information content (AvgIpc) is 3.27. The van der Waals surface area contributed by atoms with Crippen molar-refractivity contribution in [2.45, 2.75) is 9.79 Å². The van der Waals surface area contributed by atoms with Crippen LogP contribution in [0.25, 0.3) is 12.2 Å². The fourth-order valence-electron chi connectivity index (χ4n) is 6.32. The molecule has 2 heterocycles. The van der Waals surface area contributed by atoms with Crippen LogP contribution in [0.15, 0.2) is 180 Å². The van der Waals surface area contributed by atoms with E-state index in [4.69, 9.17) is 0 Å². The van der Waals surface area contributed by atoms with Crippen molar-refractivity contribution in [3.63, 3.8) is 0 Å². The van der Waals surface area contributed by atoms with Gasteiger partial charge in [0.1, 0.15) is 33.1 Å². The van der Waals surface area contributed by atoms with Gasteiger partial charge < -0.3 is 31.9 Å². The number of para-hydroxylation sites is 4. The molecule has 66 heavy (non-hydrogen) atoms. The molecule has 20 heteroatoms. The molecule has 0 amide bonds. The van der Waals surface area contributed by atoms with E-state index in [2.05, 4.69) is 51.8 Å². The van der Waals surface area contributed by atoms with Gasteiger partial charge in [-0.3, -0.25) is 9.11 Å². The van der Waals surface area contributed by atoms with Gasteiger partial charge in [0.25, 0.3) is 20.2 Å². The molecule has 324 valence electrons. The normalized spacial score (nSPS) is 11.1. The van der Waals surface area contributed by atoms with E-state index in [9.17, 15) is 25.9 Å². The Morgan fingerprint density at radius 2 is 0.621 bits per heavy atom. The number of hydrogen-bond acceptors (Lipinski definition) is 14. The van der Waals surface area contributed by atoms with Crippen LogP contribution in [0.5, 0.6) is 0 Å². The van der Waals surface area contributed by atoms with Crippen LogP contribution in [-0.4, -0.2) is 105 Å². The molecule has 6 aromatic carbocycles. The molecule has 0 aliphatic heterocycles. The van der Waals surface area contributed by atoms with E-state index in [-0.39, 0.29) is 93.5 Å². The first-order chi connectivity index (χ1) is 30.9. The summed E-state index contributed by atoms with van der Waals surface area (Å²) >= 11 is 0. The zero-order chi connectivity index (χ0) is 44.5. The maximum absolute atomic E-state index is 12.8. The van der Waals surface area contributed by atoms with Gasteiger partial charge in [-0.2, -0.15) is 36.8 Å². The minimum atomic E-state index is -4.84. The summed E-state index contributed by atoms with van der Waals surface area (Å²) in [5, 5.41) is 19.0. The average molecular weight is 939 g/mol. The van der Waals surface area contributed by atoms with Crippen molar-refractivity contribution in [3.8, 4) is 0 Å². The van der Waals surface area contributed by atoms with E-state index >= 15 is 0 Å². The molecule has 8 N–H and O–H groups in total. The first-order valence-corrected chi connectivity index (χ1v) is 22.3. The Balaban J connectivity index is 0.00000360. The SMILES string of the molecule is O=S(=O)(O)c1cc(Nc2nc(Nc3ccccc3)cc(Nc3ccccc3)n2)ccc1/C=C/c1ccc(Nc2nc(Nc3ccccc3)cc(Nc3ccccc3)n2)cc1S(=O)(=O)O.[NaH].[NaH]. The Hall–Kier alpha value is -6.16. The standard InChI is InChI=1S/C46H38N10O6S2.2Na.2H/c57-63(58,59)39-27-37(51-45-53-41(47-33-13-5-1-6-14-33)29-42(54-45)48-34-15-7-2-8-16-34)25-23-31(39)21-22-32-24-26-38(28-40(32)64(60,61)62)52-46-55-43(49-35-17-9-3-10-18-35)30-44(56-46)50-36-19-11-4-12-20-36;;;;/h1-30H,(H,57,58,59)(H,60,61,62)(H3,47,48,51,53,54)(H3,49,50,52,55,56);;;;/b22-21+;;;;. The van der Waals surface area contributed by atoms with Crippen molar-refractivity contribution in [1.82, 2.24) is 19.9 Å². The number of nitrogens with one attached hydrogen (secondary N) is 6. The molecular formula is C46H40N10Na2O6S2. The summed E-state index contributed by atoms with van der Waals surface area (Å²) < 4.78 is 71.7. The van der Waals surface area contributed by atoms with Gasteiger partial charge in [-0.25, -0.2) is 0 Å². The van der Waals surface area contributed by atoms with Crippen LogP contribution in [-0.2, 0) is 20.2 Å². The predicted octanol–water partition coefficient (Wildman–Crippen LogP) is 9.10. The molecule has 2 aromatic heterocycles. The van der Waals surface area contributed by atoms with Crippen molar-refractivity contribution >= 4 is 161 Å². The zero-order valence-corrected chi connectivity index (χ0v) is 35.1. The first-order valence-electron chi connectivity index (χ1n) is 19.4. The molecule has 0 atom stereocenters. The second-order valence-corrected chi connectivity index (χ2v) is 16.7. The van der Waals surface area contributed by atoms with E-state index < -0.39 is 30.0 Å². The number of nitrogens with zero attached hydrogens (tertiary/aromatic N) is 4. The molecule has 0 aliphatic rings. The van der Waals surface area contributed by atoms with E-state index in [1.165, 1.54) is 48.6 Å². The van der Waals surface area contributed by atoms with Crippen molar-refractivity contribution in [3.05, 3.63) is 181 Å². The Bertz CT molecular complexity index is 2850. The van der Waals surface area contributed by atoms with Gasteiger partial charge in [-0.15, -0.1) is 0 Å². The summed E-state index contributed by atoms with van der Waals surface area (Å²) in [6, 6.07) is 49.2. The van der Waals surface area contributed by atoms with Gasteiger partial charge in [-0.1, -0.05) is 97.1 Å². The van der Waals surface area contributed by atoms with Crippen LogP contribution in [0.2, 0.25) is 0 Å². The Kier molecular flexibility index (Phi) is 16.7. The summed E-state index contributed by atoms with van der Waals surface area (Å²) in [4.78, 5) is 17.3. The van der Waals surface area contributed by atoms with Gasteiger partial charge in [0, 0.05) is 46.3 Å². The molecular weight excluding hydrogens is 899 g/mol. The van der Waals surface area contributed by atoms with Crippen molar-refractivity contribution in [2.75, 3.05) is 31.9 Å². The van der Waals surface area contributed by atoms with Crippen LogP contribution in [0.3, 0.4) is 0 Å². The summed E-state index contributed by atoms with van der Waals surface area (Å²) in [6.07, 6.45) is 2.60. The topological polar surface area (TPSA) is 232 Å². The molecule has 8 aromatic rings. The van der Waals surface area contributed by atoms with E-state index in [0.29, 0.717) is 23.3 Å². The number of anilines is 12. The van der Waals surface area contributed by atoms with Crippen LogP contribution in [0.1, 0.15) is 11.1 Å². The summed E-state index contributed by atoms with van der Waals surface area (Å²) in [7, 11) is -9.67. The molecule has 0 fully saturated rings. The molecule has 0 saturated heterocycles. The number of rotatable bonds is 16. The Morgan fingerprint density at radius 3 is 0.879 bits per heavy atom. The third-order valence-corrected chi connectivity index (χ3v) is 11.0. The summed E-state index contributed by atoms with van der Waals surface area (Å²) in [5.74, 6) is 1.92. The molecule has 0 radical (unpaired) electrons. The van der Waals surface area contributed by atoms with Crippen LogP contribution in [0.4, 0.5) is 69.3 Å².